The minimum atomic E-state index is -3.46. The van der Waals surface area contributed by atoms with E-state index in [-0.39, 0.29) is 11.9 Å². The Labute approximate surface area is 138 Å². The van der Waals surface area contributed by atoms with Crippen molar-refractivity contribution in [3.63, 3.8) is 0 Å². The Hall–Kier alpha value is -1.40. The first-order valence-corrected chi connectivity index (χ1v) is 9.82. The normalized spacial score (nSPS) is 25.6. The van der Waals surface area contributed by atoms with Gasteiger partial charge in [0.25, 0.3) is 0 Å². The summed E-state index contributed by atoms with van der Waals surface area (Å²) in [4.78, 5) is 11.4. The smallest absolute Gasteiger partial charge is 0.243 e. The molecule has 0 bridgehead atoms. The molecule has 1 amide bonds. The maximum Gasteiger partial charge on any atom is 0.243 e. The van der Waals surface area contributed by atoms with Gasteiger partial charge in [-0.05, 0) is 55.9 Å². The highest BCUT2D eigenvalue weighted by molar-refractivity contribution is 7.89. The van der Waals surface area contributed by atoms with E-state index >= 15 is 0 Å². The summed E-state index contributed by atoms with van der Waals surface area (Å²) in [6, 6.07) is 6.64. The number of benzene rings is 1. The van der Waals surface area contributed by atoms with Gasteiger partial charge in [-0.1, -0.05) is 12.8 Å². The summed E-state index contributed by atoms with van der Waals surface area (Å²) in [6.45, 7) is 2.05. The number of carbonyl (C=O) groups excluding carboxylic acids is 1. The van der Waals surface area contributed by atoms with E-state index in [2.05, 4.69) is 5.32 Å². The fourth-order valence-electron chi connectivity index (χ4n) is 3.93. The predicted molar refractivity (Wildman–Crippen MR) is 89.6 cm³/mol. The van der Waals surface area contributed by atoms with Gasteiger partial charge in [0.1, 0.15) is 0 Å². The number of piperidine rings is 1. The quantitative estimate of drug-likeness (QED) is 0.923. The number of anilines is 1. The molecule has 126 valence electrons. The Morgan fingerprint density at radius 1 is 1.09 bits per heavy atom. The zero-order chi connectivity index (χ0) is 16.4. The van der Waals surface area contributed by atoms with Crippen LogP contribution < -0.4 is 5.32 Å². The summed E-state index contributed by atoms with van der Waals surface area (Å²) >= 11 is 0. The molecule has 0 unspecified atom stereocenters. The summed E-state index contributed by atoms with van der Waals surface area (Å²) < 4.78 is 27.8. The van der Waals surface area contributed by atoms with Crippen LogP contribution in [0.15, 0.2) is 29.2 Å². The van der Waals surface area contributed by atoms with Crippen LogP contribution >= 0.6 is 0 Å². The second-order valence-corrected chi connectivity index (χ2v) is 8.47. The van der Waals surface area contributed by atoms with Crippen LogP contribution in [0.1, 0.15) is 45.4 Å². The topological polar surface area (TPSA) is 66.5 Å². The third-order valence-electron chi connectivity index (χ3n) is 4.97. The highest BCUT2D eigenvalue weighted by Gasteiger charge is 2.39. The molecular weight excluding hydrogens is 312 g/mol. The molecule has 1 N–H and O–H groups in total. The second kappa shape index (κ2) is 6.61. The molecule has 5 nitrogen and oxygen atoms in total. The van der Waals surface area contributed by atoms with Crippen molar-refractivity contribution in [1.29, 1.82) is 0 Å². The molecule has 1 heterocycles. The van der Waals surface area contributed by atoms with E-state index in [4.69, 9.17) is 0 Å². The standard InChI is InChI=1S/C17H24N2O3S/c1-13(20)18-15-8-10-16(11-9-15)23(21,22)19-12-4-6-14-5-2-3-7-17(14)19/h8-11,14,17H,2-7,12H2,1H3,(H,18,20)/t14-,17-/m1/s1. The minimum Gasteiger partial charge on any atom is -0.326 e. The van der Waals surface area contributed by atoms with Crippen LogP contribution in [0.2, 0.25) is 0 Å². The van der Waals surface area contributed by atoms with E-state index in [0.29, 0.717) is 23.0 Å². The monoisotopic (exact) mass is 336 g/mol. The van der Waals surface area contributed by atoms with Gasteiger partial charge in [-0.25, -0.2) is 8.42 Å². The lowest BCUT2D eigenvalue weighted by molar-refractivity contribution is -0.114. The maximum atomic E-state index is 13.0. The van der Waals surface area contributed by atoms with Gasteiger partial charge in [0.05, 0.1) is 4.90 Å². The number of amides is 1. The molecule has 6 heteroatoms. The number of hydrogen-bond donors (Lipinski definition) is 1. The third kappa shape index (κ3) is 3.43. The molecule has 1 aliphatic carbocycles. The van der Waals surface area contributed by atoms with E-state index in [0.717, 1.165) is 32.1 Å². The van der Waals surface area contributed by atoms with Crippen molar-refractivity contribution in [2.45, 2.75) is 56.4 Å². The fourth-order valence-corrected chi connectivity index (χ4v) is 5.68. The van der Waals surface area contributed by atoms with Gasteiger partial charge in [-0.15, -0.1) is 0 Å². The lowest BCUT2D eigenvalue weighted by atomic mass is 9.79. The van der Waals surface area contributed by atoms with E-state index < -0.39 is 10.0 Å². The Balaban J connectivity index is 1.83. The van der Waals surface area contributed by atoms with Gasteiger partial charge in [-0.3, -0.25) is 4.79 Å². The zero-order valence-electron chi connectivity index (χ0n) is 13.5. The van der Waals surface area contributed by atoms with Crippen molar-refractivity contribution in [2.75, 3.05) is 11.9 Å². The molecule has 0 radical (unpaired) electrons. The van der Waals surface area contributed by atoms with Gasteiger partial charge in [0, 0.05) is 25.2 Å². The molecule has 1 aromatic carbocycles. The summed E-state index contributed by atoms with van der Waals surface area (Å²) in [7, 11) is -3.46. The number of carbonyl (C=O) groups is 1. The van der Waals surface area contributed by atoms with Crippen molar-refractivity contribution < 1.29 is 13.2 Å². The van der Waals surface area contributed by atoms with Crippen LogP contribution in [0.4, 0.5) is 5.69 Å². The molecule has 1 saturated heterocycles. The highest BCUT2D eigenvalue weighted by atomic mass is 32.2. The summed E-state index contributed by atoms with van der Waals surface area (Å²) in [5.74, 6) is 0.354. The maximum absolute atomic E-state index is 13.0. The highest BCUT2D eigenvalue weighted by Crippen LogP contribution is 2.38. The molecule has 2 fully saturated rings. The van der Waals surface area contributed by atoms with Gasteiger partial charge < -0.3 is 5.32 Å². The number of nitrogens with zero attached hydrogens (tertiary/aromatic N) is 1. The number of rotatable bonds is 3. The fraction of sp³-hybridized carbons (Fsp3) is 0.588. The SMILES string of the molecule is CC(=O)Nc1ccc(S(=O)(=O)N2CCC[C@H]3CCCC[C@H]32)cc1. The van der Waals surface area contributed by atoms with E-state index in [9.17, 15) is 13.2 Å². The Morgan fingerprint density at radius 2 is 1.74 bits per heavy atom. The molecule has 1 saturated carbocycles. The van der Waals surface area contributed by atoms with Crippen molar-refractivity contribution in [3.05, 3.63) is 24.3 Å². The van der Waals surface area contributed by atoms with Crippen molar-refractivity contribution in [1.82, 2.24) is 4.31 Å². The van der Waals surface area contributed by atoms with Crippen LogP contribution in [0.3, 0.4) is 0 Å². The molecule has 1 aliphatic heterocycles. The lowest BCUT2D eigenvalue weighted by Crippen LogP contribution is -2.49. The number of fused-ring (bicyclic) bond motifs is 1. The van der Waals surface area contributed by atoms with Crippen LogP contribution in [0, 0.1) is 5.92 Å². The molecule has 0 aromatic heterocycles. The van der Waals surface area contributed by atoms with Gasteiger partial charge in [-0.2, -0.15) is 4.31 Å². The van der Waals surface area contributed by atoms with E-state index in [1.54, 1.807) is 28.6 Å². The average Bonchev–Trinajstić information content (AvgIpc) is 2.54. The van der Waals surface area contributed by atoms with E-state index in [1.165, 1.54) is 13.3 Å². The number of hydrogen-bond acceptors (Lipinski definition) is 3. The Bertz CT molecular complexity index is 668. The summed E-state index contributed by atoms with van der Waals surface area (Å²) in [5, 5.41) is 2.66. The first-order valence-electron chi connectivity index (χ1n) is 8.38. The van der Waals surface area contributed by atoms with Crippen LogP contribution in [-0.4, -0.2) is 31.2 Å². The molecular formula is C17H24N2O3S. The van der Waals surface area contributed by atoms with Gasteiger partial charge in [0.15, 0.2) is 0 Å². The Kier molecular flexibility index (Phi) is 4.73. The molecule has 2 atom stereocenters. The predicted octanol–water partition coefficient (Wildman–Crippen LogP) is 2.99. The summed E-state index contributed by atoms with van der Waals surface area (Å²) in [5.41, 5.74) is 0.616. The van der Waals surface area contributed by atoms with Gasteiger partial charge >= 0.3 is 0 Å². The number of nitrogens with one attached hydrogen (secondary N) is 1. The van der Waals surface area contributed by atoms with Crippen LogP contribution in [0.25, 0.3) is 0 Å². The zero-order valence-corrected chi connectivity index (χ0v) is 14.3. The number of sulfonamides is 1. The largest absolute Gasteiger partial charge is 0.326 e. The van der Waals surface area contributed by atoms with E-state index in [1.807, 2.05) is 0 Å². The first kappa shape index (κ1) is 16.5. The van der Waals surface area contributed by atoms with Crippen LogP contribution in [0.5, 0.6) is 0 Å². The van der Waals surface area contributed by atoms with Crippen LogP contribution in [-0.2, 0) is 14.8 Å². The summed E-state index contributed by atoms with van der Waals surface area (Å²) in [6.07, 6.45) is 6.57. The van der Waals surface area contributed by atoms with Crippen molar-refractivity contribution in [3.8, 4) is 0 Å². The molecule has 3 rings (SSSR count). The Morgan fingerprint density at radius 3 is 2.43 bits per heavy atom. The van der Waals surface area contributed by atoms with Gasteiger partial charge in [0.2, 0.25) is 15.9 Å². The lowest BCUT2D eigenvalue weighted by Gasteiger charge is -2.43. The van der Waals surface area contributed by atoms with Crippen molar-refractivity contribution in [2.24, 2.45) is 5.92 Å². The molecule has 23 heavy (non-hydrogen) atoms. The molecule has 2 aliphatic rings. The molecule has 1 aromatic rings. The average molecular weight is 336 g/mol. The first-order chi connectivity index (χ1) is 11.0. The second-order valence-electron chi connectivity index (χ2n) is 6.58. The van der Waals surface area contributed by atoms with Crippen molar-refractivity contribution >= 4 is 21.6 Å². The molecule has 0 spiro atoms. The third-order valence-corrected chi connectivity index (χ3v) is 6.91. The minimum absolute atomic E-state index is 0.164.